The Morgan fingerprint density at radius 2 is 2.08 bits per heavy atom. The van der Waals surface area contributed by atoms with Gasteiger partial charge in [0.25, 0.3) is 5.69 Å². The number of nitrogens with zero attached hydrogens (tertiary/aromatic N) is 4. The second-order valence-corrected chi connectivity index (χ2v) is 6.41. The van der Waals surface area contributed by atoms with E-state index in [1.54, 1.807) is 30.6 Å². The standard InChI is InChI=1S/C16H14N6O2S2/c23-22(24)12-4-1-3-11(9-12)13-10-26-16(20-13)21-15(25)19-8-5-14-17-6-2-7-18-14/h1-4,6-7,9-10H,5,8H2,(H2,19,20,21,25). The van der Waals surface area contributed by atoms with Crippen LogP contribution in [0.1, 0.15) is 5.82 Å². The zero-order valence-corrected chi connectivity index (χ0v) is 15.1. The van der Waals surface area contributed by atoms with Gasteiger partial charge in [-0.1, -0.05) is 12.1 Å². The number of hydrogen-bond acceptors (Lipinski definition) is 7. The van der Waals surface area contributed by atoms with E-state index in [4.69, 9.17) is 12.2 Å². The van der Waals surface area contributed by atoms with Gasteiger partial charge in [-0.3, -0.25) is 10.1 Å². The Morgan fingerprint density at radius 3 is 2.85 bits per heavy atom. The average molecular weight is 386 g/mol. The zero-order valence-electron chi connectivity index (χ0n) is 13.5. The van der Waals surface area contributed by atoms with Crippen LogP contribution in [0.5, 0.6) is 0 Å². The summed E-state index contributed by atoms with van der Waals surface area (Å²) < 4.78 is 0. The van der Waals surface area contributed by atoms with Crippen LogP contribution in [0.25, 0.3) is 11.3 Å². The third kappa shape index (κ3) is 4.77. The van der Waals surface area contributed by atoms with Crippen LogP contribution >= 0.6 is 23.6 Å². The summed E-state index contributed by atoms with van der Waals surface area (Å²) in [6, 6.07) is 8.13. The molecule has 2 N–H and O–H groups in total. The first-order valence-corrected chi connectivity index (χ1v) is 8.92. The summed E-state index contributed by atoms with van der Waals surface area (Å²) in [6.45, 7) is 0.596. The Hall–Kier alpha value is -2.98. The van der Waals surface area contributed by atoms with Gasteiger partial charge in [-0.25, -0.2) is 15.0 Å². The molecule has 132 valence electrons. The highest BCUT2D eigenvalue weighted by atomic mass is 32.1. The van der Waals surface area contributed by atoms with Crippen molar-refractivity contribution >= 4 is 39.5 Å². The molecule has 1 aromatic carbocycles. The SMILES string of the molecule is O=[N+]([O-])c1cccc(-c2csc(NC(=S)NCCc3ncccn3)n2)c1. The second-order valence-electron chi connectivity index (χ2n) is 5.14. The Morgan fingerprint density at radius 1 is 1.27 bits per heavy atom. The van der Waals surface area contributed by atoms with Crippen LogP contribution in [0.2, 0.25) is 0 Å². The van der Waals surface area contributed by atoms with Crippen LogP contribution in [0, 0.1) is 10.1 Å². The molecule has 10 heteroatoms. The molecule has 2 heterocycles. The van der Waals surface area contributed by atoms with Crippen molar-refractivity contribution in [2.24, 2.45) is 0 Å². The molecule has 2 aromatic heterocycles. The van der Waals surface area contributed by atoms with Crippen molar-refractivity contribution in [3.63, 3.8) is 0 Å². The fourth-order valence-corrected chi connectivity index (χ4v) is 3.12. The Labute approximate surface area is 158 Å². The minimum Gasteiger partial charge on any atom is -0.362 e. The van der Waals surface area contributed by atoms with Gasteiger partial charge < -0.3 is 10.6 Å². The van der Waals surface area contributed by atoms with Crippen molar-refractivity contribution in [3.05, 3.63) is 64.0 Å². The highest BCUT2D eigenvalue weighted by Crippen LogP contribution is 2.27. The highest BCUT2D eigenvalue weighted by Gasteiger charge is 2.10. The van der Waals surface area contributed by atoms with E-state index < -0.39 is 4.92 Å². The van der Waals surface area contributed by atoms with Gasteiger partial charge in [0.1, 0.15) is 5.82 Å². The zero-order chi connectivity index (χ0) is 18.4. The molecule has 0 saturated carbocycles. The summed E-state index contributed by atoms with van der Waals surface area (Å²) in [6.07, 6.45) is 4.05. The molecule has 8 nitrogen and oxygen atoms in total. The Kier molecular flexibility index (Phi) is 5.77. The quantitative estimate of drug-likeness (QED) is 0.378. The van der Waals surface area contributed by atoms with Crippen LogP contribution < -0.4 is 10.6 Å². The number of nitro benzene ring substituents is 1. The second kappa shape index (κ2) is 8.41. The van der Waals surface area contributed by atoms with Crippen LogP contribution in [-0.2, 0) is 6.42 Å². The van der Waals surface area contributed by atoms with E-state index in [1.807, 2.05) is 5.38 Å². The minimum atomic E-state index is -0.426. The number of hydrogen-bond donors (Lipinski definition) is 2. The first-order chi connectivity index (χ1) is 12.6. The maximum Gasteiger partial charge on any atom is 0.270 e. The average Bonchev–Trinajstić information content (AvgIpc) is 3.11. The van der Waals surface area contributed by atoms with Crippen molar-refractivity contribution < 1.29 is 4.92 Å². The van der Waals surface area contributed by atoms with Gasteiger partial charge in [0.2, 0.25) is 0 Å². The van der Waals surface area contributed by atoms with E-state index >= 15 is 0 Å². The number of non-ortho nitro benzene ring substituents is 1. The number of aromatic nitrogens is 3. The molecule has 0 spiro atoms. The smallest absolute Gasteiger partial charge is 0.270 e. The molecule has 0 radical (unpaired) electrons. The first kappa shape index (κ1) is 17.8. The van der Waals surface area contributed by atoms with Gasteiger partial charge in [0.15, 0.2) is 10.2 Å². The maximum atomic E-state index is 10.9. The Balaban J connectivity index is 1.55. The molecular formula is C16H14N6O2S2. The number of nitrogens with one attached hydrogen (secondary N) is 2. The van der Waals surface area contributed by atoms with Gasteiger partial charge in [0, 0.05) is 48.4 Å². The lowest BCUT2D eigenvalue weighted by molar-refractivity contribution is -0.384. The van der Waals surface area contributed by atoms with E-state index in [0.29, 0.717) is 34.5 Å². The lowest BCUT2D eigenvalue weighted by Gasteiger charge is -2.07. The van der Waals surface area contributed by atoms with Crippen molar-refractivity contribution in [2.45, 2.75) is 6.42 Å². The molecule has 0 unspecified atom stereocenters. The van der Waals surface area contributed by atoms with E-state index in [0.717, 1.165) is 5.82 Å². The summed E-state index contributed by atoms with van der Waals surface area (Å²) in [5, 5.41) is 19.8. The molecule has 0 fully saturated rings. The van der Waals surface area contributed by atoms with Gasteiger partial charge in [-0.05, 0) is 18.3 Å². The van der Waals surface area contributed by atoms with Crippen molar-refractivity contribution in [1.29, 1.82) is 0 Å². The number of nitro groups is 1. The predicted molar refractivity (Wildman–Crippen MR) is 104 cm³/mol. The van der Waals surface area contributed by atoms with Crippen LogP contribution in [0.3, 0.4) is 0 Å². The lowest BCUT2D eigenvalue weighted by Crippen LogP contribution is -2.30. The number of thiazole rings is 1. The molecule has 0 aliphatic heterocycles. The monoisotopic (exact) mass is 386 g/mol. The topological polar surface area (TPSA) is 106 Å². The summed E-state index contributed by atoms with van der Waals surface area (Å²) in [5.74, 6) is 0.741. The van der Waals surface area contributed by atoms with Gasteiger partial charge in [-0.2, -0.15) is 0 Å². The van der Waals surface area contributed by atoms with Crippen molar-refractivity contribution in [2.75, 3.05) is 11.9 Å². The lowest BCUT2D eigenvalue weighted by atomic mass is 10.1. The predicted octanol–water partition coefficient (Wildman–Crippen LogP) is 3.04. The summed E-state index contributed by atoms with van der Waals surface area (Å²) in [5.41, 5.74) is 1.37. The van der Waals surface area contributed by atoms with E-state index in [1.165, 1.54) is 23.5 Å². The normalized spacial score (nSPS) is 10.3. The molecule has 0 saturated heterocycles. The molecule has 0 bridgehead atoms. The Bertz CT molecular complexity index is 916. The largest absolute Gasteiger partial charge is 0.362 e. The number of rotatable bonds is 6. The first-order valence-electron chi connectivity index (χ1n) is 7.63. The third-order valence-corrected chi connectivity index (χ3v) is 4.33. The minimum absolute atomic E-state index is 0.0327. The molecule has 3 rings (SSSR count). The molecule has 3 aromatic rings. The summed E-state index contributed by atoms with van der Waals surface area (Å²) in [7, 11) is 0. The molecule has 0 amide bonds. The molecule has 0 atom stereocenters. The van der Waals surface area contributed by atoms with Crippen LogP contribution in [0.4, 0.5) is 10.8 Å². The fourth-order valence-electron chi connectivity index (χ4n) is 2.13. The fraction of sp³-hybridized carbons (Fsp3) is 0.125. The van der Waals surface area contributed by atoms with Gasteiger partial charge >= 0.3 is 0 Å². The van der Waals surface area contributed by atoms with E-state index in [2.05, 4.69) is 25.6 Å². The summed E-state index contributed by atoms with van der Waals surface area (Å²) >= 11 is 6.62. The van der Waals surface area contributed by atoms with Gasteiger partial charge in [0.05, 0.1) is 10.6 Å². The number of anilines is 1. The molecular weight excluding hydrogens is 372 g/mol. The maximum absolute atomic E-state index is 10.9. The van der Waals surface area contributed by atoms with Crippen molar-refractivity contribution in [3.8, 4) is 11.3 Å². The molecule has 0 aliphatic carbocycles. The highest BCUT2D eigenvalue weighted by molar-refractivity contribution is 7.80. The van der Waals surface area contributed by atoms with E-state index in [9.17, 15) is 10.1 Å². The van der Waals surface area contributed by atoms with Crippen molar-refractivity contribution in [1.82, 2.24) is 20.3 Å². The number of thiocarbonyl (C=S) groups is 1. The third-order valence-electron chi connectivity index (χ3n) is 3.33. The van der Waals surface area contributed by atoms with Crippen LogP contribution in [-0.4, -0.2) is 31.5 Å². The molecule has 0 aliphatic rings. The van der Waals surface area contributed by atoms with Crippen LogP contribution in [0.15, 0.2) is 48.1 Å². The summed E-state index contributed by atoms with van der Waals surface area (Å²) in [4.78, 5) is 23.2. The molecule has 26 heavy (non-hydrogen) atoms. The van der Waals surface area contributed by atoms with Gasteiger partial charge in [-0.15, -0.1) is 11.3 Å². The number of benzene rings is 1. The van der Waals surface area contributed by atoms with E-state index in [-0.39, 0.29) is 5.69 Å².